The molecule has 0 aliphatic rings. The lowest BCUT2D eigenvalue weighted by Crippen LogP contribution is -2.42. The Balaban J connectivity index is 1.68. The lowest BCUT2D eigenvalue weighted by molar-refractivity contribution is 0.0842. The first-order valence-corrected chi connectivity index (χ1v) is 8.05. The van der Waals surface area contributed by atoms with Gasteiger partial charge in [-0.3, -0.25) is 25.0 Å². The van der Waals surface area contributed by atoms with Gasteiger partial charge in [-0.05, 0) is 42.0 Å². The first kappa shape index (κ1) is 18.3. The number of carbonyl (C=O) groups excluding carboxylic acids is 2. The average molecular weight is 368 g/mol. The number of benzene rings is 2. The van der Waals surface area contributed by atoms with Gasteiger partial charge in [-0.25, -0.2) is 9.37 Å². The van der Waals surface area contributed by atoms with Crippen LogP contribution in [0.1, 0.15) is 26.4 Å². The molecule has 0 spiro atoms. The fourth-order valence-corrected chi connectivity index (χ4v) is 2.49. The highest BCUT2D eigenvalue weighted by molar-refractivity contribution is 5.98. The highest BCUT2D eigenvalue weighted by atomic mass is 19.1. The maximum atomic E-state index is 13.1. The average Bonchev–Trinajstić information content (AvgIpc) is 3.17. The van der Waals surface area contributed by atoms with Crippen LogP contribution in [0.15, 0.2) is 61.1 Å². The number of hydrogen-bond donors (Lipinski definition) is 2. The molecular formula is C19H17FN4O3. The van der Waals surface area contributed by atoms with Gasteiger partial charge in [-0.15, -0.1) is 0 Å². The van der Waals surface area contributed by atoms with Crippen molar-refractivity contribution in [1.82, 2.24) is 20.4 Å². The Kier molecular flexibility index (Phi) is 5.58. The van der Waals surface area contributed by atoms with Gasteiger partial charge in [0.1, 0.15) is 11.5 Å². The third kappa shape index (κ3) is 4.36. The highest BCUT2D eigenvalue weighted by Gasteiger charge is 2.14. The molecule has 2 aromatic carbocycles. The second kappa shape index (κ2) is 8.24. The monoisotopic (exact) mass is 368 g/mol. The molecule has 0 bridgehead atoms. The number of rotatable bonds is 5. The van der Waals surface area contributed by atoms with Crippen molar-refractivity contribution in [2.24, 2.45) is 0 Å². The molecule has 3 rings (SSSR count). The molecule has 3 aromatic rings. The molecular weight excluding hydrogens is 351 g/mol. The highest BCUT2D eigenvalue weighted by Crippen LogP contribution is 2.12. The van der Waals surface area contributed by atoms with Gasteiger partial charge in [0, 0.05) is 18.4 Å². The van der Waals surface area contributed by atoms with Gasteiger partial charge in [0.25, 0.3) is 11.8 Å². The van der Waals surface area contributed by atoms with Crippen molar-refractivity contribution in [3.05, 3.63) is 83.7 Å². The molecule has 27 heavy (non-hydrogen) atoms. The van der Waals surface area contributed by atoms with Crippen molar-refractivity contribution in [3.63, 3.8) is 0 Å². The fraction of sp³-hybridized carbons (Fsp3) is 0.105. The first-order chi connectivity index (χ1) is 13.1. The number of ether oxygens (including phenoxy) is 1. The summed E-state index contributed by atoms with van der Waals surface area (Å²) in [5.74, 6) is -1.40. The van der Waals surface area contributed by atoms with E-state index in [0.717, 1.165) is 5.56 Å². The van der Waals surface area contributed by atoms with Gasteiger partial charge < -0.3 is 4.74 Å². The third-order valence-electron chi connectivity index (χ3n) is 3.77. The number of amides is 2. The Labute approximate surface area is 154 Å². The zero-order valence-corrected chi connectivity index (χ0v) is 14.5. The first-order valence-electron chi connectivity index (χ1n) is 8.05. The molecule has 0 aliphatic carbocycles. The summed E-state index contributed by atoms with van der Waals surface area (Å²) in [4.78, 5) is 28.6. The Morgan fingerprint density at radius 2 is 1.85 bits per heavy atom. The van der Waals surface area contributed by atoms with E-state index < -0.39 is 11.8 Å². The standard InChI is InChI=1S/C19H17FN4O3/c1-27-11-13-3-2-4-14(9-13)18(25)22-23-19(26)17-10-21-12-24(17)16-7-5-15(20)6-8-16/h2-10,12H,11H2,1H3,(H,22,25)(H,23,26). The molecule has 8 heteroatoms. The van der Waals surface area contributed by atoms with E-state index in [9.17, 15) is 14.0 Å². The van der Waals surface area contributed by atoms with Crippen LogP contribution in [0.25, 0.3) is 5.69 Å². The van der Waals surface area contributed by atoms with E-state index in [0.29, 0.717) is 17.9 Å². The Bertz CT molecular complexity index is 954. The molecule has 0 fully saturated rings. The Morgan fingerprint density at radius 1 is 1.11 bits per heavy atom. The van der Waals surface area contributed by atoms with Gasteiger partial charge in [0.2, 0.25) is 0 Å². The van der Waals surface area contributed by atoms with E-state index in [-0.39, 0.29) is 11.5 Å². The second-order valence-corrected chi connectivity index (χ2v) is 5.67. The number of aromatic nitrogens is 2. The summed E-state index contributed by atoms with van der Waals surface area (Å²) in [5, 5.41) is 0. The summed E-state index contributed by atoms with van der Waals surface area (Å²) in [6.45, 7) is 0.379. The topological polar surface area (TPSA) is 85.2 Å². The molecule has 0 aliphatic heterocycles. The lowest BCUT2D eigenvalue weighted by Gasteiger charge is -2.10. The quantitative estimate of drug-likeness (QED) is 0.677. The van der Waals surface area contributed by atoms with Gasteiger partial charge in [-0.1, -0.05) is 12.1 Å². The Morgan fingerprint density at radius 3 is 2.59 bits per heavy atom. The number of nitrogens with zero attached hydrogens (tertiary/aromatic N) is 2. The molecule has 0 radical (unpaired) electrons. The molecule has 1 heterocycles. The molecule has 1 aromatic heterocycles. The van der Waals surface area contributed by atoms with E-state index in [1.807, 2.05) is 6.07 Å². The largest absolute Gasteiger partial charge is 0.380 e. The molecule has 138 valence electrons. The van der Waals surface area contributed by atoms with E-state index in [1.165, 1.54) is 41.4 Å². The van der Waals surface area contributed by atoms with Crippen molar-refractivity contribution in [2.75, 3.05) is 7.11 Å². The van der Waals surface area contributed by atoms with Crippen LogP contribution >= 0.6 is 0 Å². The van der Waals surface area contributed by atoms with Gasteiger partial charge in [0.15, 0.2) is 0 Å². The van der Waals surface area contributed by atoms with Crippen molar-refractivity contribution in [3.8, 4) is 5.69 Å². The minimum Gasteiger partial charge on any atom is -0.380 e. The molecule has 0 atom stereocenters. The summed E-state index contributed by atoms with van der Waals surface area (Å²) in [5.41, 5.74) is 6.70. The maximum Gasteiger partial charge on any atom is 0.288 e. The van der Waals surface area contributed by atoms with Crippen LogP contribution in [0, 0.1) is 5.82 Å². The van der Waals surface area contributed by atoms with Crippen LogP contribution in [0.3, 0.4) is 0 Å². The van der Waals surface area contributed by atoms with E-state index in [4.69, 9.17) is 4.74 Å². The molecule has 0 unspecified atom stereocenters. The van der Waals surface area contributed by atoms with Crippen LogP contribution < -0.4 is 10.9 Å². The summed E-state index contributed by atoms with van der Waals surface area (Å²) in [6, 6.07) is 12.5. The van der Waals surface area contributed by atoms with E-state index >= 15 is 0 Å². The fourth-order valence-electron chi connectivity index (χ4n) is 2.49. The minimum absolute atomic E-state index is 0.190. The number of imidazole rings is 1. The summed E-state index contributed by atoms with van der Waals surface area (Å²) in [6.07, 6.45) is 2.78. The van der Waals surface area contributed by atoms with Crippen molar-refractivity contribution >= 4 is 11.8 Å². The summed E-state index contributed by atoms with van der Waals surface area (Å²) in [7, 11) is 1.57. The van der Waals surface area contributed by atoms with E-state index in [2.05, 4.69) is 15.8 Å². The predicted octanol–water partition coefficient (Wildman–Crippen LogP) is 2.23. The molecule has 0 saturated carbocycles. The summed E-state index contributed by atoms with van der Waals surface area (Å²) < 4.78 is 19.6. The maximum absolute atomic E-state index is 13.1. The molecule has 2 amide bonds. The molecule has 0 saturated heterocycles. The number of hydrogen-bond acceptors (Lipinski definition) is 4. The van der Waals surface area contributed by atoms with Gasteiger partial charge in [0.05, 0.1) is 19.1 Å². The number of hydrazine groups is 1. The normalized spacial score (nSPS) is 10.4. The SMILES string of the molecule is COCc1cccc(C(=O)NNC(=O)c2cncn2-c2ccc(F)cc2)c1. The number of carbonyl (C=O) groups is 2. The van der Waals surface area contributed by atoms with Crippen LogP contribution in [-0.4, -0.2) is 28.5 Å². The lowest BCUT2D eigenvalue weighted by atomic mass is 10.1. The van der Waals surface area contributed by atoms with Crippen molar-refractivity contribution in [1.29, 1.82) is 0 Å². The van der Waals surface area contributed by atoms with Crippen LogP contribution in [0.5, 0.6) is 0 Å². The zero-order chi connectivity index (χ0) is 19.2. The van der Waals surface area contributed by atoms with Gasteiger partial charge >= 0.3 is 0 Å². The molecule has 7 nitrogen and oxygen atoms in total. The van der Waals surface area contributed by atoms with Crippen molar-refractivity contribution in [2.45, 2.75) is 6.61 Å². The van der Waals surface area contributed by atoms with E-state index in [1.54, 1.807) is 25.3 Å². The number of methoxy groups -OCH3 is 1. The smallest absolute Gasteiger partial charge is 0.288 e. The van der Waals surface area contributed by atoms with Crippen LogP contribution in [-0.2, 0) is 11.3 Å². The van der Waals surface area contributed by atoms with Gasteiger partial charge in [-0.2, -0.15) is 0 Å². The van der Waals surface area contributed by atoms with Crippen molar-refractivity contribution < 1.29 is 18.7 Å². The summed E-state index contributed by atoms with van der Waals surface area (Å²) >= 11 is 0. The molecule has 2 N–H and O–H groups in total. The second-order valence-electron chi connectivity index (χ2n) is 5.67. The third-order valence-corrected chi connectivity index (χ3v) is 3.77. The Hall–Kier alpha value is -3.52. The predicted molar refractivity (Wildman–Crippen MR) is 95.6 cm³/mol. The zero-order valence-electron chi connectivity index (χ0n) is 14.5. The van der Waals surface area contributed by atoms with Crippen LogP contribution in [0.4, 0.5) is 4.39 Å². The number of nitrogens with one attached hydrogen (secondary N) is 2. The van der Waals surface area contributed by atoms with Crippen LogP contribution in [0.2, 0.25) is 0 Å². The number of halogens is 1. The minimum atomic E-state index is -0.557.